The molecular formula is C16H10ClO3Y-. The molecule has 0 saturated carbocycles. The van der Waals surface area contributed by atoms with E-state index in [4.69, 9.17) is 21.1 Å². The molecule has 1 radical (unpaired) electrons. The topological polar surface area (TPSA) is 35.5 Å². The fraction of sp³-hybridized carbons (Fsp3) is 0.0625. The third kappa shape index (κ3) is 3.20. The van der Waals surface area contributed by atoms with E-state index in [0.717, 1.165) is 5.56 Å². The van der Waals surface area contributed by atoms with Crippen molar-refractivity contribution in [3.8, 4) is 11.5 Å². The molecule has 21 heavy (non-hydrogen) atoms. The fourth-order valence-corrected chi connectivity index (χ4v) is 2.24. The first kappa shape index (κ1) is 16.2. The van der Waals surface area contributed by atoms with Gasteiger partial charge in [-0.15, -0.1) is 6.07 Å². The number of esters is 1. The number of carbonyl (C=O) groups excluding carboxylic acids is 1. The molecule has 0 bridgehead atoms. The van der Waals surface area contributed by atoms with Crippen molar-refractivity contribution in [2.24, 2.45) is 0 Å². The van der Waals surface area contributed by atoms with Crippen molar-refractivity contribution >= 4 is 29.2 Å². The van der Waals surface area contributed by atoms with Crippen molar-refractivity contribution in [2.45, 2.75) is 0 Å². The van der Waals surface area contributed by atoms with Crippen molar-refractivity contribution in [1.29, 1.82) is 0 Å². The molecule has 0 aromatic heterocycles. The molecule has 0 atom stereocenters. The number of benzene rings is 2. The van der Waals surface area contributed by atoms with Gasteiger partial charge in [-0.3, -0.25) is 0 Å². The van der Waals surface area contributed by atoms with Crippen molar-refractivity contribution in [3.63, 3.8) is 0 Å². The van der Waals surface area contributed by atoms with Crippen LogP contribution in [0.2, 0.25) is 5.02 Å². The summed E-state index contributed by atoms with van der Waals surface area (Å²) in [6.45, 7) is 0. The minimum atomic E-state index is -0.436. The Labute approximate surface area is 152 Å². The van der Waals surface area contributed by atoms with E-state index in [0.29, 0.717) is 27.7 Å². The number of fused-ring (bicyclic) bond motifs is 2. The number of hydrogen-bond acceptors (Lipinski definition) is 3. The van der Waals surface area contributed by atoms with E-state index in [1.54, 1.807) is 42.5 Å². The van der Waals surface area contributed by atoms with Gasteiger partial charge in [-0.2, -0.15) is 18.2 Å². The van der Waals surface area contributed by atoms with Crippen molar-refractivity contribution < 1.29 is 47.0 Å². The summed E-state index contributed by atoms with van der Waals surface area (Å²) in [5, 5.41) is 0.527. The molecule has 3 rings (SSSR count). The van der Waals surface area contributed by atoms with Gasteiger partial charge in [-0.25, -0.2) is 4.79 Å². The minimum absolute atomic E-state index is 0. The van der Waals surface area contributed by atoms with E-state index in [1.165, 1.54) is 7.11 Å². The quantitative estimate of drug-likeness (QED) is 0.560. The molecule has 1 heterocycles. The van der Waals surface area contributed by atoms with Crippen molar-refractivity contribution in [1.82, 2.24) is 0 Å². The monoisotopic (exact) mass is 374 g/mol. The van der Waals surface area contributed by atoms with Gasteiger partial charge < -0.3 is 9.47 Å². The molecule has 0 amide bonds. The molecule has 103 valence electrons. The summed E-state index contributed by atoms with van der Waals surface area (Å²) in [6, 6.07) is 13.4. The molecule has 0 N–H and O–H groups in total. The van der Waals surface area contributed by atoms with Crippen LogP contribution >= 0.6 is 11.6 Å². The second-order valence-corrected chi connectivity index (χ2v) is 4.69. The van der Waals surface area contributed by atoms with Crippen LogP contribution in [0, 0.1) is 6.07 Å². The molecule has 0 fully saturated rings. The summed E-state index contributed by atoms with van der Waals surface area (Å²) in [5.41, 5.74) is 1.78. The van der Waals surface area contributed by atoms with E-state index in [1.807, 2.05) is 0 Å². The Balaban J connectivity index is 0.00000161. The van der Waals surface area contributed by atoms with Crippen LogP contribution < -0.4 is 4.74 Å². The van der Waals surface area contributed by atoms with Crippen LogP contribution in [0.4, 0.5) is 0 Å². The van der Waals surface area contributed by atoms with Crippen LogP contribution in [0.15, 0.2) is 36.4 Å². The molecular weight excluding hydrogens is 365 g/mol. The van der Waals surface area contributed by atoms with Crippen LogP contribution in [0.3, 0.4) is 0 Å². The van der Waals surface area contributed by atoms with Crippen LogP contribution in [0.1, 0.15) is 11.1 Å². The Kier molecular flexibility index (Phi) is 5.20. The standard InChI is InChI=1S/C16H10ClO3.Y/c1-19-16(18)13-8-10-4-2-3-5-14(10)20-15-7-6-11(17)9-12(13)15;/h3-9H,1H3;/q-1;. The average Bonchev–Trinajstić information content (AvgIpc) is 2.63. The average molecular weight is 375 g/mol. The summed E-state index contributed by atoms with van der Waals surface area (Å²) in [5.74, 6) is 0.788. The summed E-state index contributed by atoms with van der Waals surface area (Å²) in [6.07, 6.45) is 1.72. The molecule has 0 saturated heterocycles. The molecule has 0 spiro atoms. The van der Waals surface area contributed by atoms with E-state index >= 15 is 0 Å². The number of rotatable bonds is 1. The van der Waals surface area contributed by atoms with Gasteiger partial charge in [0.15, 0.2) is 0 Å². The third-order valence-electron chi connectivity index (χ3n) is 3.01. The van der Waals surface area contributed by atoms with Crippen molar-refractivity contribution in [2.75, 3.05) is 7.11 Å². The van der Waals surface area contributed by atoms with Crippen LogP contribution in [0.25, 0.3) is 11.6 Å². The summed E-state index contributed by atoms with van der Waals surface area (Å²) in [7, 11) is 1.34. The summed E-state index contributed by atoms with van der Waals surface area (Å²) >= 11 is 6.01. The minimum Gasteiger partial charge on any atom is -0.482 e. The molecule has 1 aliphatic rings. The Morgan fingerprint density at radius 2 is 2.10 bits per heavy atom. The third-order valence-corrected chi connectivity index (χ3v) is 3.25. The van der Waals surface area contributed by atoms with E-state index in [-0.39, 0.29) is 32.7 Å². The van der Waals surface area contributed by atoms with Gasteiger partial charge >= 0.3 is 5.97 Å². The van der Waals surface area contributed by atoms with E-state index < -0.39 is 5.97 Å². The largest absolute Gasteiger partial charge is 0.482 e. The number of carbonyl (C=O) groups is 1. The molecule has 2 aromatic carbocycles. The summed E-state index contributed by atoms with van der Waals surface area (Å²) < 4.78 is 10.7. The van der Waals surface area contributed by atoms with Crippen LogP contribution in [0.5, 0.6) is 11.5 Å². The number of ether oxygens (including phenoxy) is 2. The zero-order chi connectivity index (χ0) is 14.1. The first-order valence-electron chi connectivity index (χ1n) is 5.97. The molecule has 0 unspecified atom stereocenters. The van der Waals surface area contributed by atoms with Gasteiger partial charge in [0.2, 0.25) is 0 Å². The number of methoxy groups -OCH3 is 1. The first-order chi connectivity index (χ1) is 9.69. The fourth-order valence-electron chi connectivity index (χ4n) is 2.07. The molecule has 3 nitrogen and oxygen atoms in total. The predicted octanol–water partition coefficient (Wildman–Crippen LogP) is 3.96. The van der Waals surface area contributed by atoms with Gasteiger partial charge in [0, 0.05) is 49.0 Å². The van der Waals surface area contributed by atoms with E-state index in [2.05, 4.69) is 6.07 Å². The summed E-state index contributed by atoms with van der Waals surface area (Å²) in [4.78, 5) is 12.0. The Bertz CT molecular complexity index is 725. The van der Waals surface area contributed by atoms with Crippen LogP contribution in [-0.4, -0.2) is 13.1 Å². The second kappa shape index (κ2) is 6.74. The zero-order valence-corrected chi connectivity index (χ0v) is 14.8. The van der Waals surface area contributed by atoms with Gasteiger partial charge in [-0.1, -0.05) is 23.2 Å². The Hall–Kier alpha value is -1.16. The molecule has 1 aliphatic heterocycles. The maximum Gasteiger partial charge on any atom is 0.337 e. The Morgan fingerprint density at radius 3 is 2.86 bits per heavy atom. The predicted molar refractivity (Wildman–Crippen MR) is 76.7 cm³/mol. The van der Waals surface area contributed by atoms with Gasteiger partial charge in [0.1, 0.15) is 5.75 Å². The van der Waals surface area contributed by atoms with Crippen molar-refractivity contribution in [3.05, 3.63) is 58.6 Å². The number of halogens is 1. The van der Waals surface area contributed by atoms with Crippen LogP contribution in [-0.2, 0) is 42.2 Å². The SMILES string of the molecule is COC(=O)C1=Cc2c[c-]ccc2Oc2ccc(Cl)cc21.[Y]. The zero-order valence-electron chi connectivity index (χ0n) is 11.2. The van der Waals surface area contributed by atoms with Gasteiger partial charge in [0.25, 0.3) is 0 Å². The second-order valence-electron chi connectivity index (χ2n) is 4.26. The molecule has 2 aromatic rings. The first-order valence-corrected chi connectivity index (χ1v) is 6.35. The number of hydrogen-bond donors (Lipinski definition) is 0. The maximum absolute atomic E-state index is 12.0. The maximum atomic E-state index is 12.0. The van der Waals surface area contributed by atoms with Gasteiger partial charge in [-0.05, 0) is 18.2 Å². The molecule has 0 aliphatic carbocycles. The normalized spacial score (nSPS) is 11.8. The molecule has 5 heteroatoms. The Morgan fingerprint density at radius 1 is 1.29 bits per heavy atom. The smallest absolute Gasteiger partial charge is 0.337 e. The van der Waals surface area contributed by atoms with Gasteiger partial charge in [0.05, 0.1) is 12.7 Å². The van der Waals surface area contributed by atoms with E-state index in [9.17, 15) is 4.79 Å².